The second-order valence-corrected chi connectivity index (χ2v) is 8.95. The number of benzene rings is 1. The highest BCUT2D eigenvalue weighted by Crippen LogP contribution is 2.38. The summed E-state index contributed by atoms with van der Waals surface area (Å²) in [5.41, 5.74) is 2.55. The first kappa shape index (κ1) is 20.9. The number of hydrogen-bond donors (Lipinski definition) is 0. The van der Waals surface area contributed by atoms with Crippen molar-refractivity contribution >= 4 is 17.1 Å². The molecule has 0 radical (unpaired) electrons. The zero-order valence-corrected chi connectivity index (χ0v) is 18.3. The maximum Gasteiger partial charge on any atom is 0.257 e. The number of halogens is 2. The van der Waals surface area contributed by atoms with Gasteiger partial charge in [-0.05, 0) is 63.7 Å². The van der Waals surface area contributed by atoms with Crippen molar-refractivity contribution < 1.29 is 13.6 Å². The molecule has 8 heteroatoms. The van der Waals surface area contributed by atoms with Gasteiger partial charge in [0.1, 0.15) is 11.6 Å². The van der Waals surface area contributed by atoms with Gasteiger partial charge < -0.3 is 14.7 Å². The fourth-order valence-electron chi connectivity index (χ4n) is 5.00. The number of amides is 1. The van der Waals surface area contributed by atoms with Crippen molar-refractivity contribution in [1.82, 2.24) is 19.4 Å². The molecule has 0 N–H and O–H groups in total. The summed E-state index contributed by atoms with van der Waals surface area (Å²) in [5.74, 6) is -0.848. The van der Waals surface area contributed by atoms with Crippen molar-refractivity contribution in [3.8, 4) is 0 Å². The Balaban J connectivity index is 1.46. The Labute approximate surface area is 186 Å². The molecule has 2 fully saturated rings. The fraction of sp³-hybridized carbons (Fsp3) is 0.417. The highest BCUT2D eigenvalue weighted by atomic mass is 19.1. The number of likely N-dealkylation sites (N-methyl/N-ethyl adjacent to an activating group) is 1. The lowest BCUT2D eigenvalue weighted by Gasteiger charge is -2.27. The second kappa shape index (κ2) is 8.16. The molecule has 6 nitrogen and oxygen atoms in total. The molecule has 1 amide bonds. The highest BCUT2D eigenvalue weighted by molar-refractivity contribution is 6.01. The second-order valence-electron chi connectivity index (χ2n) is 8.95. The number of pyridine rings is 1. The molecule has 0 spiro atoms. The number of carbonyl (C=O) groups excluding carboxylic acids is 1. The summed E-state index contributed by atoms with van der Waals surface area (Å²) in [6.07, 6.45) is 6.04. The monoisotopic (exact) mass is 439 g/mol. The van der Waals surface area contributed by atoms with E-state index < -0.39 is 11.6 Å². The molecular formula is C24H27F2N5O. The van der Waals surface area contributed by atoms with E-state index in [0.29, 0.717) is 23.7 Å². The van der Waals surface area contributed by atoms with E-state index in [1.54, 1.807) is 10.7 Å². The van der Waals surface area contributed by atoms with Crippen molar-refractivity contribution in [2.45, 2.75) is 31.3 Å². The number of hydrogen-bond acceptors (Lipinski definition) is 4. The van der Waals surface area contributed by atoms with Gasteiger partial charge in [-0.2, -0.15) is 5.10 Å². The summed E-state index contributed by atoms with van der Waals surface area (Å²) in [7, 11) is 4.07. The molecule has 2 saturated heterocycles. The molecule has 2 aromatic heterocycles. The third kappa shape index (κ3) is 3.62. The van der Waals surface area contributed by atoms with Gasteiger partial charge in [0.2, 0.25) is 0 Å². The Morgan fingerprint density at radius 1 is 1.12 bits per heavy atom. The molecule has 2 aliphatic heterocycles. The number of fused-ring (bicyclic) bond motifs is 1. The molecule has 0 aliphatic carbocycles. The predicted octanol–water partition coefficient (Wildman–Crippen LogP) is 3.73. The minimum absolute atomic E-state index is 0.0179. The van der Waals surface area contributed by atoms with Crippen molar-refractivity contribution in [1.29, 1.82) is 0 Å². The van der Waals surface area contributed by atoms with Crippen molar-refractivity contribution in [3.05, 3.63) is 65.5 Å². The number of nitrogens with zero attached hydrogens (tertiary/aromatic N) is 5. The van der Waals surface area contributed by atoms with E-state index >= 15 is 0 Å². The van der Waals surface area contributed by atoms with Gasteiger partial charge in [0, 0.05) is 43.1 Å². The smallest absolute Gasteiger partial charge is 0.257 e. The molecule has 32 heavy (non-hydrogen) atoms. The Bertz CT molecular complexity index is 1160. The van der Waals surface area contributed by atoms with E-state index in [2.05, 4.69) is 14.9 Å². The fourth-order valence-corrected chi connectivity index (χ4v) is 5.00. The van der Waals surface area contributed by atoms with Gasteiger partial charge in [0.05, 0.1) is 23.3 Å². The van der Waals surface area contributed by atoms with Crippen molar-refractivity contribution in [2.75, 3.05) is 38.6 Å². The largest absolute Gasteiger partial charge is 0.364 e. The van der Waals surface area contributed by atoms with Crippen LogP contribution in [0.25, 0.3) is 5.52 Å². The van der Waals surface area contributed by atoms with Crippen LogP contribution < -0.4 is 4.90 Å². The normalized spacial score (nSPS) is 21.3. The lowest BCUT2D eigenvalue weighted by molar-refractivity contribution is 0.0785. The van der Waals surface area contributed by atoms with Crippen LogP contribution in [0.3, 0.4) is 0 Å². The number of carbonyl (C=O) groups is 1. The van der Waals surface area contributed by atoms with Crippen LogP contribution in [0.15, 0.2) is 42.7 Å². The molecule has 0 saturated carbocycles. The SMILES string of the molecule is CN(C)[C@H]1CCN(C(=O)c2cnn3ccc(N4CCC[C@@H]4c4cc(F)ccc4F)cc23)C1. The highest BCUT2D eigenvalue weighted by Gasteiger charge is 2.31. The van der Waals surface area contributed by atoms with E-state index in [0.717, 1.165) is 49.6 Å². The summed E-state index contributed by atoms with van der Waals surface area (Å²) < 4.78 is 30.0. The lowest BCUT2D eigenvalue weighted by atomic mass is 10.0. The molecule has 168 valence electrons. The summed E-state index contributed by atoms with van der Waals surface area (Å²) in [6.45, 7) is 2.17. The van der Waals surface area contributed by atoms with Crippen LogP contribution in [-0.4, -0.2) is 65.1 Å². The third-order valence-electron chi connectivity index (χ3n) is 6.82. The minimum atomic E-state index is -0.436. The number of rotatable bonds is 4. The van der Waals surface area contributed by atoms with Crippen molar-refractivity contribution in [2.24, 2.45) is 0 Å². The molecule has 2 atom stereocenters. The zero-order valence-electron chi connectivity index (χ0n) is 18.3. The molecule has 1 aromatic carbocycles. The van der Waals surface area contributed by atoms with Gasteiger partial charge in [-0.25, -0.2) is 13.3 Å². The number of likely N-dealkylation sites (tertiary alicyclic amines) is 1. The predicted molar refractivity (Wildman–Crippen MR) is 119 cm³/mol. The molecule has 0 bridgehead atoms. The quantitative estimate of drug-likeness (QED) is 0.622. The molecule has 0 unspecified atom stereocenters. The molecule has 5 rings (SSSR count). The van der Waals surface area contributed by atoms with E-state index in [1.807, 2.05) is 37.3 Å². The first-order valence-corrected chi connectivity index (χ1v) is 11.1. The van der Waals surface area contributed by atoms with Gasteiger partial charge >= 0.3 is 0 Å². The summed E-state index contributed by atoms with van der Waals surface area (Å²) in [6, 6.07) is 7.61. The zero-order chi connectivity index (χ0) is 22.4. The Morgan fingerprint density at radius 3 is 2.75 bits per heavy atom. The Hall–Kier alpha value is -3.00. The van der Waals surface area contributed by atoms with Gasteiger partial charge in [-0.1, -0.05) is 0 Å². The number of anilines is 1. The third-order valence-corrected chi connectivity index (χ3v) is 6.82. The molecular weight excluding hydrogens is 412 g/mol. The first-order valence-electron chi connectivity index (χ1n) is 11.1. The van der Waals surface area contributed by atoms with Crippen LogP contribution in [0.2, 0.25) is 0 Å². The van der Waals surface area contributed by atoms with Gasteiger partial charge in [-0.15, -0.1) is 0 Å². The average Bonchev–Trinajstić information content (AvgIpc) is 3.53. The average molecular weight is 440 g/mol. The number of aromatic nitrogens is 2. The molecule has 2 aliphatic rings. The molecule has 3 aromatic rings. The Kier molecular flexibility index (Phi) is 5.33. The standard InChI is InChI=1S/C24H27F2N5O/c1-28(2)18-7-10-29(15-18)24(32)20-14-27-31-11-8-17(13-23(20)31)30-9-3-4-22(30)19-12-16(25)5-6-21(19)26/h5-6,8,11-14,18,22H,3-4,7,9-10,15H2,1-2H3/t18-,22+/m0/s1. The summed E-state index contributed by atoms with van der Waals surface area (Å²) >= 11 is 0. The van der Waals surface area contributed by atoms with Crippen molar-refractivity contribution in [3.63, 3.8) is 0 Å². The minimum Gasteiger partial charge on any atom is -0.364 e. The van der Waals surface area contributed by atoms with E-state index in [4.69, 9.17) is 0 Å². The maximum atomic E-state index is 14.5. The van der Waals surface area contributed by atoms with E-state index in [9.17, 15) is 13.6 Å². The van der Waals surface area contributed by atoms with Crippen LogP contribution in [0.1, 0.15) is 41.2 Å². The van der Waals surface area contributed by atoms with E-state index in [-0.39, 0.29) is 11.9 Å². The summed E-state index contributed by atoms with van der Waals surface area (Å²) in [5, 5.41) is 4.37. The lowest BCUT2D eigenvalue weighted by Crippen LogP contribution is -2.34. The van der Waals surface area contributed by atoms with Crippen LogP contribution in [0.5, 0.6) is 0 Å². The Morgan fingerprint density at radius 2 is 1.97 bits per heavy atom. The van der Waals surface area contributed by atoms with Gasteiger partial charge in [0.25, 0.3) is 5.91 Å². The molecule has 4 heterocycles. The van der Waals surface area contributed by atoms with Crippen LogP contribution in [-0.2, 0) is 0 Å². The van der Waals surface area contributed by atoms with Crippen LogP contribution in [0, 0.1) is 11.6 Å². The van der Waals surface area contributed by atoms with Crippen LogP contribution >= 0.6 is 0 Å². The first-order chi connectivity index (χ1) is 15.4. The summed E-state index contributed by atoms with van der Waals surface area (Å²) in [4.78, 5) is 19.4. The van der Waals surface area contributed by atoms with E-state index in [1.165, 1.54) is 12.1 Å². The maximum absolute atomic E-state index is 14.5. The topological polar surface area (TPSA) is 44.1 Å². The van der Waals surface area contributed by atoms with Gasteiger partial charge in [-0.3, -0.25) is 4.79 Å². The van der Waals surface area contributed by atoms with Gasteiger partial charge in [0.15, 0.2) is 0 Å². The van der Waals surface area contributed by atoms with Crippen LogP contribution in [0.4, 0.5) is 14.5 Å².